The molecular formula is C13H26N2O2. The summed E-state index contributed by atoms with van der Waals surface area (Å²) in [5.74, 6) is 0.00423. The maximum absolute atomic E-state index is 11.6. The lowest BCUT2D eigenvalue weighted by atomic mass is 10.0. The maximum atomic E-state index is 11.6. The van der Waals surface area contributed by atoms with Crippen LogP contribution in [0.1, 0.15) is 46.5 Å². The Bertz CT molecular complexity index is 225. The van der Waals surface area contributed by atoms with Gasteiger partial charge in [0.2, 0.25) is 5.91 Å². The third-order valence-corrected chi connectivity index (χ3v) is 3.19. The maximum Gasteiger partial charge on any atom is 0.246 e. The van der Waals surface area contributed by atoms with Gasteiger partial charge in [-0.3, -0.25) is 4.79 Å². The van der Waals surface area contributed by atoms with Gasteiger partial charge in [-0.1, -0.05) is 13.3 Å². The second-order valence-corrected chi connectivity index (χ2v) is 5.08. The van der Waals surface area contributed by atoms with E-state index in [4.69, 9.17) is 4.74 Å². The van der Waals surface area contributed by atoms with E-state index in [1.54, 1.807) is 0 Å². The number of hydrogen-bond donors (Lipinski definition) is 2. The van der Waals surface area contributed by atoms with Crippen LogP contribution in [0.3, 0.4) is 0 Å². The predicted molar refractivity (Wildman–Crippen MR) is 69.0 cm³/mol. The molecule has 0 radical (unpaired) electrons. The Kier molecular flexibility index (Phi) is 6.52. The van der Waals surface area contributed by atoms with Gasteiger partial charge in [0.05, 0.1) is 6.10 Å². The molecule has 3 unspecified atom stereocenters. The minimum Gasteiger partial charge on any atom is -0.367 e. The standard InChI is InChI=1S/C13H26N2O2/c1-4-5-11(3)15-13(16)9-17-12-7-6-10(2)14-8-12/h10-12,14H,4-9H2,1-3H3,(H,15,16). The molecule has 17 heavy (non-hydrogen) atoms. The Labute approximate surface area is 104 Å². The Morgan fingerprint density at radius 1 is 1.53 bits per heavy atom. The van der Waals surface area contributed by atoms with Crippen LogP contribution in [0.15, 0.2) is 0 Å². The van der Waals surface area contributed by atoms with Gasteiger partial charge in [0.25, 0.3) is 0 Å². The summed E-state index contributed by atoms with van der Waals surface area (Å²) in [4.78, 5) is 11.6. The van der Waals surface area contributed by atoms with Gasteiger partial charge in [-0.05, 0) is 33.1 Å². The van der Waals surface area contributed by atoms with Gasteiger partial charge in [-0.25, -0.2) is 0 Å². The molecule has 2 N–H and O–H groups in total. The zero-order valence-electron chi connectivity index (χ0n) is 11.3. The van der Waals surface area contributed by atoms with Crippen LogP contribution in [-0.4, -0.2) is 37.2 Å². The van der Waals surface area contributed by atoms with Crippen molar-refractivity contribution in [2.24, 2.45) is 0 Å². The molecule has 0 aromatic carbocycles. The molecule has 4 nitrogen and oxygen atoms in total. The zero-order valence-corrected chi connectivity index (χ0v) is 11.3. The molecule has 4 heteroatoms. The van der Waals surface area contributed by atoms with Gasteiger partial charge in [0, 0.05) is 18.6 Å². The monoisotopic (exact) mass is 242 g/mol. The SMILES string of the molecule is CCCC(C)NC(=O)COC1CCC(C)NC1. The van der Waals surface area contributed by atoms with Crippen molar-refractivity contribution in [1.29, 1.82) is 0 Å². The highest BCUT2D eigenvalue weighted by atomic mass is 16.5. The highest BCUT2D eigenvalue weighted by Gasteiger charge is 2.18. The fourth-order valence-corrected chi connectivity index (χ4v) is 2.13. The molecular weight excluding hydrogens is 216 g/mol. The van der Waals surface area contributed by atoms with Crippen LogP contribution >= 0.6 is 0 Å². The quantitative estimate of drug-likeness (QED) is 0.741. The molecule has 1 rings (SSSR count). The van der Waals surface area contributed by atoms with E-state index < -0.39 is 0 Å². The van der Waals surface area contributed by atoms with Crippen LogP contribution in [-0.2, 0) is 9.53 Å². The molecule has 1 aliphatic heterocycles. The van der Waals surface area contributed by atoms with Gasteiger partial charge in [0.1, 0.15) is 6.61 Å². The second kappa shape index (κ2) is 7.67. The molecule has 100 valence electrons. The highest BCUT2D eigenvalue weighted by molar-refractivity contribution is 5.77. The lowest BCUT2D eigenvalue weighted by molar-refractivity contribution is -0.128. The van der Waals surface area contributed by atoms with E-state index in [1.165, 1.54) is 0 Å². The largest absolute Gasteiger partial charge is 0.367 e. The van der Waals surface area contributed by atoms with E-state index in [1.807, 2.05) is 6.92 Å². The van der Waals surface area contributed by atoms with Crippen LogP contribution in [0, 0.1) is 0 Å². The first-order chi connectivity index (χ1) is 8.11. The number of amides is 1. The van der Waals surface area contributed by atoms with Crippen molar-refractivity contribution in [3.8, 4) is 0 Å². The normalized spacial score (nSPS) is 26.5. The summed E-state index contributed by atoms with van der Waals surface area (Å²) in [7, 11) is 0. The lowest BCUT2D eigenvalue weighted by Crippen LogP contribution is -2.43. The fraction of sp³-hybridized carbons (Fsp3) is 0.923. The first kappa shape index (κ1) is 14.5. The average Bonchev–Trinajstić information content (AvgIpc) is 2.28. The summed E-state index contributed by atoms with van der Waals surface area (Å²) >= 11 is 0. The van der Waals surface area contributed by atoms with Gasteiger partial charge in [0.15, 0.2) is 0 Å². The van der Waals surface area contributed by atoms with Crippen molar-refractivity contribution in [2.45, 2.75) is 64.6 Å². The van der Waals surface area contributed by atoms with E-state index in [9.17, 15) is 4.79 Å². The van der Waals surface area contributed by atoms with E-state index >= 15 is 0 Å². The summed E-state index contributed by atoms with van der Waals surface area (Å²) in [5, 5.41) is 6.30. The van der Waals surface area contributed by atoms with Crippen molar-refractivity contribution >= 4 is 5.91 Å². The van der Waals surface area contributed by atoms with E-state index in [2.05, 4.69) is 24.5 Å². The van der Waals surface area contributed by atoms with Crippen molar-refractivity contribution < 1.29 is 9.53 Å². The van der Waals surface area contributed by atoms with Crippen LogP contribution < -0.4 is 10.6 Å². The van der Waals surface area contributed by atoms with Crippen LogP contribution in [0.2, 0.25) is 0 Å². The molecule has 1 fully saturated rings. The van der Waals surface area contributed by atoms with E-state index in [0.717, 1.165) is 32.2 Å². The molecule has 0 spiro atoms. The molecule has 0 aliphatic carbocycles. The van der Waals surface area contributed by atoms with Crippen molar-refractivity contribution in [3.63, 3.8) is 0 Å². The molecule has 0 aromatic heterocycles. The Hall–Kier alpha value is -0.610. The minimum atomic E-state index is 0.00423. The number of piperidine rings is 1. The number of hydrogen-bond acceptors (Lipinski definition) is 3. The smallest absolute Gasteiger partial charge is 0.246 e. The van der Waals surface area contributed by atoms with E-state index in [0.29, 0.717) is 6.04 Å². The minimum absolute atomic E-state index is 0.00423. The molecule has 1 aliphatic rings. The zero-order chi connectivity index (χ0) is 12.7. The molecule has 1 saturated heterocycles. The first-order valence-corrected chi connectivity index (χ1v) is 6.76. The summed E-state index contributed by atoms with van der Waals surface area (Å²) in [6, 6.07) is 0.828. The third-order valence-electron chi connectivity index (χ3n) is 3.19. The van der Waals surface area contributed by atoms with Crippen molar-refractivity contribution in [2.75, 3.05) is 13.2 Å². The second-order valence-electron chi connectivity index (χ2n) is 5.08. The predicted octanol–water partition coefficient (Wildman–Crippen LogP) is 1.45. The highest BCUT2D eigenvalue weighted by Crippen LogP contribution is 2.10. The van der Waals surface area contributed by atoms with Crippen LogP contribution in [0.4, 0.5) is 0 Å². The summed E-state index contributed by atoms with van der Waals surface area (Å²) in [6.45, 7) is 7.38. The van der Waals surface area contributed by atoms with Gasteiger partial charge < -0.3 is 15.4 Å². The number of nitrogens with one attached hydrogen (secondary N) is 2. The Morgan fingerprint density at radius 3 is 2.88 bits per heavy atom. The summed E-state index contributed by atoms with van der Waals surface area (Å²) < 4.78 is 5.60. The first-order valence-electron chi connectivity index (χ1n) is 6.76. The Morgan fingerprint density at radius 2 is 2.29 bits per heavy atom. The van der Waals surface area contributed by atoms with Crippen LogP contribution in [0.25, 0.3) is 0 Å². The third kappa shape index (κ3) is 6.03. The summed E-state index contributed by atoms with van der Waals surface area (Å²) in [6.07, 6.45) is 4.48. The lowest BCUT2D eigenvalue weighted by Gasteiger charge is -2.27. The van der Waals surface area contributed by atoms with Gasteiger partial charge in [-0.15, -0.1) is 0 Å². The number of rotatable bonds is 6. The molecule has 0 saturated carbocycles. The van der Waals surface area contributed by atoms with E-state index in [-0.39, 0.29) is 24.7 Å². The van der Waals surface area contributed by atoms with Gasteiger partial charge in [-0.2, -0.15) is 0 Å². The molecule has 0 bridgehead atoms. The summed E-state index contributed by atoms with van der Waals surface area (Å²) in [5.41, 5.74) is 0. The molecule has 1 amide bonds. The fourth-order valence-electron chi connectivity index (χ4n) is 2.13. The molecule has 3 atom stereocenters. The Balaban J connectivity index is 2.11. The van der Waals surface area contributed by atoms with Crippen molar-refractivity contribution in [1.82, 2.24) is 10.6 Å². The molecule has 0 aromatic rings. The number of carbonyl (C=O) groups is 1. The number of ether oxygens (including phenoxy) is 1. The van der Waals surface area contributed by atoms with Gasteiger partial charge >= 0.3 is 0 Å². The topological polar surface area (TPSA) is 50.4 Å². The number of carbonyl (C=O) groups excluding carboxylic acids is 1. The van der Waals surface area contributed by atoms with Crippen LogP contribution in [0.5, 0.6) is 0 Å². The van der Waals surface area contributed by atoms with Crippen molar-refractivity contribution in [3.05, 3.63) is 0 Å². The molecule has 1 heterocycles. The average molecular weight is 242 g/mol.